The van der Waals surface area contributed by atoms with Crippen molar-refractivity contribution in [1.29, 1.82) is 0 Å². The quantitative estimate of drug-likeness (QED) is 0.888. The highest BCUT2D eigenvalue weighted by Crippen LogP contribution is 2.25. The Balaban J connectivity index is 2.94. The molecule has 3 nitrogen and oxygen atoms in total. The van der Waals surface area contributed by atoms with Crippen molar-refractivity contribution in [2.75, 3.05) is 6.61 Å². The second-order valence-corrected chi connectivity index (χ2v) is 4.91. The van der Waals surface area contributed by atoms with Crippen LogP contribution >= 0.6 is 23.2 Å². The van der Waals surface area contributed by atoms with Gasteiger partial charge in [0.05, 0.1) is 27.8 Å². The van der Waals surface area contributed by atoms with Crippen LogP contribution in [0.3, 0.4) is 0 Å². The molecule has 1 aromatic carbocycles. The van der Waals surface area contributed by atoms with Crippen LogP contribution in [0.2, 0.25) is 10.0 Å². The molecule has 0 radical (unpaired) electrons. The molecule has 1 unspecified atom stereocenters. The highest BCUT2D eigenvalue weighted by Gasteiger charge is 2.25. The van der Waals surface area contributed by atoms with Gasteiger partial charge in [-0.3, -0.25) is 4.79 Å². The summed E-state index contributed by atoms with van der Waals surface area (Å²) in [6.07, 6.45) is 0.618. The van der Waals surface area contributed by atoms with Crippen LogP contribution in [0.15, 0.2) is 18.2 Å². The van der Waals surface area contributed by atoms with Gasteiger partial charge in [-0.1, -0.05) is 36.2 Å². The predicted molar refractivity (Wildman–Crippen MR) is 69.7 cm³/mol. The van der Waals surface area contributed by atoms with Gasteiger partial charge < -0.3 is 10.4 Å². The summed E-state index contributed by atoms with van der Waals surface area (Å²) in [6.45, 7) is 3.52. The van der Waals surface area contributed by atoms with Gasteiger partial charge in [-0.2, -0.15) is 0 Å². The van der Waals surface area contributed by atoms with Gasteiger partial charge in [0.2, 0.25) is 0 Å². The van der Waals surface area contributed by atoms with Gasteiger partial charge in [0, 0.05) is 0 Å². The molecule has 0 fully saturated rings. The molecule has 1 aromatic rings. The third kappa shape index (κ3) is 3.35. The summed E-state index contributed by atoms with van der Waals surface area (Å²) in [7, 11) is 0. The minimum absolute atomic E-state index is 0.132. The van der Waals surface area contributed by atoms with Crippen molar-refractivity contribution in [3.05, 3.63) is 33.8 Å². The molecular formula is C12H15Cl2NO2. The third-order valence-corrected chi connectivity index (χ3v) is 3.56. The number of hydrogen-bond donors (Lipinski definition) is 2. The first-order chi connectivity index (χ1) is 7.93. The van der Waals surface area contributed by atoms with Gasteiger partial charge in [0.25, 0.3) is 5.91 Å². The summed E-state index contributed by atoms with van der Waals surface area (Å²) in [5, 5.41) is 12.5. The maximum atomic E-state index is 12.0. The Morgan fingerprint density at radius 1 is 1.47 bits per heavy atom. The van der Waals surface area contributed by atoms with E-state index in [9.17, 15) is 9.90 Å². The van der Waals surface area contributed by atoms with E-state index in [0.717, 1.165) is 0 Å². The van der Waals surface area contributed by atoms with Gasteiger partial charge in [-0.15, -0.1) is 0 Å². The Kier molecular flexibility index (Phi) is 4.80. The van der Waals surface area contributed by atoms with Crippen LogP contribution in [0.5, 0.6) is 0 Å². The maximum Gasteiger partial charge on any atom is 0.253 e. The summed E-state index contributed by atoms with van der Waals surface area (Å²) in [5.41, 5.74) is -0.338. The molecular weight excluding hydrogens is 261 g/mol. The fourth-order valence-corrected chi connectivity index (χ4v) is 1.65. The number of hydrogen-bond acceptors (Lipinski definition) is 2. The summed E-state index contributed by atoms with van der Waals surface area (Å²) in [4.78, 5) is 12.0. The molecule has 0 aliphatic rings. The molecule has 1 atom stereocenters. The lowest BCUT2D eigenvalue weighted by atomic mass is 9.99. The summed E-state index contributed by atoms with van der Waals surface area (Å²) in [6, 6.07) is 4.87. The number of aliphatic hydroxyl groups is 1. The number of carbonyl (C=O) groups excluding carboxylic acids is 1. The average Bonchev–Trinajstić information content (AvgIpc) is 2.32. The second kappa shape index (κ2) is 5.71. The van der Waals surface area contributed by atoms with Gasteiger partial charge in [0.1, 0.15) is 0 Å². The third-order valence-electron chi connectivity index (χ3n) is 2.74. The second-order valence-electron chi connectivity index (χ2n) is 4.13. The van der Waals surface area contributed by atoms with Crippen LogP contribution in [-0.4, -0.2) is 23.2 Å². The minimum atomic E-state index is -0.650. The first-order valence-electron chi connectivity index (χ1n) is 5.31. The van der Waals surface area contributed by atoms with Crippen LogP contribution in [0.4, 0.5) is 0 Å². The molecule has 2 N–H and O–H groups in total. The van der Waals surface area contributed by atoms with Gasteiger partial charge in [0.15, 0.2) is 0 Å². The van der Waals surface area contributed by atoms with E-state index in [0.29, 0.717) is 17.0 Å². The molecule has 0 aromatic heterocycles. The van der Waals surface area contributed by atoms with Crippen LogP contribution in [0, 0.1) is 0 Å². The van der Waals surface area contributed by atoms with Crippen molar-refractivity contribution in [1.82, 2.24) is 5.32 Å². The van der Waals surface area contributed by atoms with Crippen molar-refractivity contribution >= 4 is 29.1 Å². The molecule has 94 valence electrons. The number of nitrogens with one attached hydrogen (secondary N) is 1. The Morgan fingerprint density at radius 2 is 2.12 bits per heavy atom. The molecule has 0 spiro atoms. The van der Waals surface area contributed by atoms with Crippen molar-refractivity contribution in [3.63, 3.8) is 0 Å². The van der Waals surface area contributed by atoms with E-state index in [1.54, 1.807) is 25.1 Å². The number of halogens is 2. The fourth-order valence-electron chi connectivity index (χ4n) is 1.26. The number of rotatable bonds is 4. The van der Waals surface area contributed by atoms with Crippen LogP contribution in [0.25, 0.3) is 0 Å². The molecule has 1 amide bonds. The van der Waals surface area contributed by atoms with E-state index in [1.165, 1.54) is 0 Å². The first-order valence-corrected chi connectivity index (χ1v) is 6.06. The molecule has 0 bridgehead atoms. The van der Waals surface area contributed by atoms with E-state index >= 15 is 0 Å². The number of benzene rings is 1. The standard InChI is InChI=1S/C12H15Cl2NO2/c1-3-12(2,7-16)15-11(17)8-5-4-6-9(13)10(8)14/h4-6,16H,3,7H2,1-2H3,(H,15,17). The van der Waals surface area contributed by atoms with E-state index < -0.39 is 5.54 Å². The van der Waals surface area contributed by atoms with Gasteiger partial charge >= 0.3 is 0 Å². The molecule has 0 saturated carbocycles. The monoisotopic (exact) mass is 275 g/mol. The Morgan fingerprint density at radius 3 is 2.65 bits per heavy atom. The molecule has 5 heteroatoms. The van der Waals surface area contributed by atoms with E-state index in [4.69, 9.17) is 23.2 Å². The zero-order valence-corrected chi connectivity index (χ0v) is 11.3. The number of aliphatic hydroxyl groups excluding tert-OH is 1. The van der Waals surface area contributed by atoms with E-state index in [1.807, 2.05) is 6.92 Å². The van der Waals surface area contributed by atoms with Crippen molar-refractivity contribution in [3.8, 4) is 0 Å². The van der Waals surface area contributed by atoms with Gasteiger partial charge in [-0.25, -0.2) is 0 Å². The minimum Gasteiger partial charge on any atom is -0.394 e. The van der Waals surface area contributed by atoms with E-state index in [2.05, 4.69) is 5.32 Å². The first kappa shape index (κ1) is 14.3. The summed E-state index contributed by atoms with van der Waals surface area (Å²) >= 11 is 11.8. The lowest BCUT2D eigenvalue weighted by Crippen LogP contribution is -2.48. The smallest absolute Gasteiger partial charge is 0.253 e. The zero-order chi connectivity index (χ0) is 13.1. The van der Waals surface area contributed by atoms with Crippen molar-refractivity contribution in [2.45, 2.75) is 25.8 Å². The molecule has 0 aliphatic heterocycles. The molecule has 1 rings (SSSR count). The number of amides is 1. The SMILES string of the molecule is CCC(C)(CO)NC(=O)c1cccc(Cl)c1Cl. The normalized spacial score (nSPS) is 14.2. The summed E-state index contributed by atoms with van der Waals surface area (Å²) in [5.74, 6) is -0.337. The van der Waals surface area contributed by atoms with Crippen LogP contribution in [-0.2, 0) is 0 Å². The lowest BCUT2D eigenvalue weighted by molar-refractivity contribution is 0.0847. The molecule has 0 saturated heterocycles. The molecule has 17 heavy (non-hydrogen) atoms. The lowest BCUT2D eigenvalue weighted by Gasteiger charge is -2.27. The Labute approximate surface area is 111 Å². The summed E-state index contributed by atoms with van der Waals surface area (Å²) < 4.78 is 0. The fraction of sp³-hybridized carbons (Fsp3) is 0.417. The Hall–Kier alpha value is -0.770. The molecule has 0 aliphatic carbocycles. The molecule has 0 heterocycles. The highest BCUT2D eigenvalue weighted by atomic mass is 35.5. The zero-order valence-electron chi connectivity index (χ0n) is 9.76. The van der Waals surface area contributed by atoms with E-state index in [-0.39, 0.29) is 17.5 Å². The van der Waals surface area contributed by atoms with Gasteiger partial charge in [-0.05, 0) is 25.5 Å². The van der Waals surface area contributed by atoms with Crippen molar-refractivity contribution < 1.29 is 9.90 Å². The maximum absolute atomic E-state index is 12.0. The number of carbonyl (C=O) groups is 1. The topological polar surface area (TPSA) is 49.3 Å². The average molecular weight is 276 g/mol. The predicted octanol–water partition coefficient (Wildman–Crippen LogP) is 2.88. The highest BCUT2D eigenvalue weighted by molar-refractivity contribution is 6.43. The van der Waals surface area contributed by atoms with Crippen LogP contribution < -0.4 is 5.32 Å². The largest absolute Gasteiger partial charge is 0.394 e. The Bertz CT molecular complexity index is 417. The van der Waals surface area contributed by atoms with Crippen molar-refractivity contribution in [2.24, 2.45) is 0 Å². The van der Waals surface area contributed by atoms with Crippen LogP contribution in [0.1, 0.15) is 30.6 Å².